The molecule has 2 aliphatic rings. The molecule has 1 aromatic carbocycles. The molecule has 0 spiro atoms. The number of hydrogen-bond acceptors (Lipinski definition) is 8. The van der Waals surface area contributed by atoms with E-state index in [4.69, 9.17) is 14.5 Å². The van der Waals surface area contributed by atoms with Crippen LogP contribution in [0.2, 0.25) is 0 Å². The molecule has 2 aromatic heterocycles. The van der Waals surface area contributed by atoms with Crippen LogP contribution in [0.15, 0.2) is 46.9 Å². The lowest BCUT2D eigenvalue weighted by Gasteiger charge is -2.14. The molecule has 0 unspecified atom stereocenters. The molecule has 32 heavy (non-hydrogen) atoms. The highest BCUT2D eigenvalue weighted by molar-refractivity contribution is 5.94. The largest absolute Gasteiger partial charge is 0.506 e. The second-order valence-corrected chi connectivity index (χ2v) is 7.47. The average molecular weight is 430 g/mol. The van der Waals surface area contributed by atoms with Crippen molar-refractivity contribution in [3.8, 4) is 17.2 Å². The number of aromatic nitrogens is 4. The van der Waals surface area contributed by atoms with E-state index in [1.165, 1.54) is 12.8 Å². The zero-order valence-corrected chi connectivity index (χ0v) is 17.8. The van der Waals surface area contributed by atoms with E-state index < -0.39 is 0 Å². The van der Waals surface area contributed by atoms with Crippen LogP contribution in [0.1, 0.15) is 25.6 Å². The maximum atomic E-state index is 10.8. The van der Waals surface area contributed by atoms with E-state index >= 15 is 0 Å². The van der Waals surface area contributed by atoms with Crippen LogP contribution >= 0.6 is 0 Å². The van der Waals surface area contributed by atoms with Gasteiger partial charge >= 0.3 is 0 Å². The molecule has 1 saturated carbocycles. The van der Waals surface area contributed by atoms with Crippen molar-refractivity contribution >= 4 is 28.7 Å². The monoisotopic (exact) mass is 430 g/mol. The summed E-state index contributed by atoms with van der Waals surface area (Å²) in [6.07, 6.45) is 5.73. The summed E-state index contributed by atoms with van der Waals surface area (Å²) in [6, 6.07) is 5.04. The van der Waals surface area contributed by atoms with Gasteiger partial charge in [-0.25, -0.2) is 19.9 Å². The molecule has 1 aliphatic heterocycles. The van der Waals surface area contributed by atoms with Crippen LogP contribution < -0.4 is 10.1 Å². The third kappa shape index (κ3) is 3.71. The van der Waals surface area contributed by atoms with E-state index in [0.29, 0.717) is 58.5 Å². The van der Waals surface area contributed by atoms with Gasteiger partial charge in [0.25, 0.3) is 0 Å². The summed E-state index contributed by atoms with van der Waals surface area (Å²) in [5, 5.41) is 14.1. The molecule has 3 aromatic rings. The van der Waals surface area contributed by atoms with Crippen LogP contribution in [0, 0.1) is 5.92 Å². The van der Waals surface area contributed by atoms with Crippen molar-refractivity contribution in [2.75, 3.05) is 25.6 Å². The minimum atomic E-state index is 0.00739. The standard InChI is InChI=1S/C23H22N6O3/c1-3-32-19-9-4-6-15(26-19)22-28-21-23(27-18(13-25-21)24-12-14-10-11-14)29(22)20-16(30)7-5-8-17(20)31-2/h5,7-9,13-14,30H,3,10-12H2,1-2H3,(H,24,27). The first-order valence-corrected chi connectivity index (χ1v) is 10.5. The Morgan fingerprint density at radius 2 is 2.16 bits per heavy atom. The van der Waals surface area contributed by atoms with Gasteiger partial charge in [-0.2, -0.15) is 0 Å². The first-order valence-electron chi connectivity index (χ1n) is 10.5. The number of imidazole rings is 1. The topological polar surface area (TPSA) is 107 Å². The molecule has 0 atom stereocenters. The van der Waals surface area contributed by atoms with E-state index in [1.54, 1.807) is 42.1 Å². The second-order valence-electron chi connectivity index (χ2n) is 7.47. The van der Waals surface area contributed by atoms with Gasteiger partial charge in [-0.15, -0.1) is 0 Å². The first-order chi connectivity index (χ1) is 15.7. The van der Waals surface area contributed by atoms with E-state index in [0.717, 1.165) is 6.54 Å². The van der Waals surface area contributed by atoms with Gasteiger partial charge in [0.05, 0.1) is 26.0 Å². The fraction of sp³-hybridized carbons (Fsp3) is 0.304. The molecule has 2 N–H and O–H groups in total. The zero-order chi connectivity index (χ0) is 22.1. The van der Waals surface area contributed by atoms with Crippen molar-refractivity contribution in [3.63, 3.8) is 0 Å². The van der Waals surface area contributed by atoms with Gasteiger partial charge in [0.2, 0.25) is 5.90 Å². The van der Waals surface area contributed by atoms with E-state index in [-0.39, 0.29) is 5.75 Å². The van der Waals surface area contributed by atoms with Gasteiger partial charge in [-0.3, -0.25) is 4.57 Å². The molecule has 1 aliphatic carbocycles. The molecule has 0 bridgehead atoms. The molecule has 1 fully saturated rings. The summed E-state index contributed by atoms with van der Waals surface area (Å²) in [6.45, 7) is 3.19. The normalized spacial score (nSPS) is 14.9. The molecule has 5 rings (SSSR count). The Balaban J connectivity index is 1.72. The Bertz CT molecular complexity index is 1320. The van der Waals surface area contributed by atoms with Crippen molar-refractivity contribution in [1.29, 1.82) is 0 Å². The van der Waals surface area contributed by atoms with Crippen molar-refractivity contribution in [1.82, 2.24) is 19.5 Å². The number of nitrogens with zero attached hydrogens (tertiary/aromatic N) is 5. The summed E-state index contributed by atoms with van der Waals surface area (Å²) in [5.74, 6) is 2.57. The molecule has 9 heteroatoms. The summed E-state index contributed by atoms with van der Waals surface area (Å²) in [5.41, 5.74) is 7.53. The molecule has 162 valence electrons. The number of hydrogen-bond donors (Lipinski definition) is 2. The number of rotatable bonds is 7. The smallest absolute Gasteiger partial charge is 0.223 e. The number of aromatic hydroxyl groups is 1. The molecule has 3 heterocycles. The maximum Gasteiger partial charge on any atom is 0.223 e. The fourth-order valence-electron chi connectivity index (χ4n) is 3.44. The molecule has 0 saturated heterocycles. The SMILES string of the molecule is CCOC1=NC(c2nc3ncc(NCC4CC4)nc3n2-c2c(O)cccc2OC)=C=C=C1. The van der Waals surface area contributed by atoms with E-state index in [2.05, 4.69) is 31.7 Å². The van der Waals surface area contributed by atoms with Crippen molar-refractivity contribution < 1.29 is 14.6 Å². The zero-order valence-electron chi connectivity index (χ0n) is 17.8. The van der Waals surface area contributed by atoms with Crippen LogP contribution in [-0.2, 0) is 4.74 Å². The quantitative estimate of drug-likeness (QED) is 0.553. The van der Waals surface area contributed by atoms with Gasteiger partial charge < -0.3 is 19.9 Å². The lowest BCUT2D eigenvalue weighted by Crippen LogP contribution is -2.08. The number of para-hydroxylation sites is 1. The third-order valence-corrected chi connectivity index (χ3v) is 5.17. The number of nitrogens with one attached hydrogen (secondary N) is 1. The van der Waals surface area contributed by atoms with Gasteiger partial charge in [0.1, 0.15) is 23.0 Å². The number of methoxy groups -OCH3 is 1. The first kappa shape index (κ1) is 19.9. The molecule has 9 nitrogen and oxygen atoms in total. The third-order valence-electron chi connectivity index (χ3n) is 5.17. The van der Waals surface area contributed by atoms with Crippen molar-refractivity contribution in [2.24, 2.45) is 10.9 Å². The highest BCUT2D eigenvalue weighted by Crippen LogP contribution is 2.36. The Hall–Kier alpha value is -4.06. The Morgan fingerprint density at radius 3 is 2.94 bits per heavy atom. The average Bonchev–Trinajstić information content (AvgIpc) is 3.57. The van der Waals surface area contributed by atoms with Gasteiger partial charge in [-0.1, -0.05) is 11.8 Å². The van der Waals surface area contributed by atoms with Crippen molar-refractivity contribution in [2.45, 2.75) is 19.8 Å². The molecular formula is C23H22N6O3. The minimum absolute atomic E-state index is 0.00739. The van der Waals surface area contributed by atoms with Crippen molar-refractivity contribution in [3.05, 3.63) is 47.8 Å². The second kappa shape index (κ2) is 8.23. The lowest BCUT2D eigenvalue weighted by molar-refractivity contribution is 0.330. The number of ether oxygens (including phenoxy) is 2. The van der Waals surface area contributed by atoms with Crippen LogP contribution in [0.25, 0.3) is 22.7 Å². The summed E-state index contributed by atoms with van der Waals surface area (Å²) < 4.78 is 12.7. The predicted octanol–water partition coefficient (Wildman–Crippen LogP) is 3.45. The Kier molecular flexibility index (Phi) is 5.11. The minimum Gasteiger partial charge on any atom is -0.506 e. The summed E-state index contributed by atoms with van der Waals surface area (Å²) in [7, 11) is 1.54. The number of benzene rings is 1. The molecule has 0 amide bonds. The Morgan fingerprint density at radius 1 is 1.28 bits per heavy atom. The number of aliphatic imine (C=N–C) groups is 1. The number of anilines is 1. The Labute approximate surface area is 184 Å². The van der Waals surface area contributed by atoms with Crippen LogP contribution in [-0.4, -0.2) is 50.8 Å². The number of phenolic OH excluding ortho intramolecular Hbond substituents is 1. The van der Waals surface area contributed by atoms with Gasteiger partial charge in [0.15, 0.2) is 22.8 Å². The van der Waals surface area contributed by atoms with E-state index in [1.807, 2.05) is 6.92 Å². The molecular weight excluding hydrogens is 408 g/mol. The van der Waals surface area contributed by atoms with E-state index in [9.17, 15) is 5.11 Å². The highest BCUT2D eigenvalue weighted by atomic mass is 16.5. The maximum absolute atomic E-state index is 10.8. The van der Waals surface area contributed by atoms with Crippen LogP contribution in [0.5, 0.6) is 11.5 Å². The van der Waals surface area contributed by atoms with Crippen LogP contribution in [0.4, 0.5) is 5.82 Å². The summed E-state index contributed by atoms with van der Waals surface area (Å²) >= 11 is 0. The lowest BCUT2D eigenvalue weighted by atomic mass is 10.2. The highest BCUT2D eigenvalue weighted by Gasteiger charge is 2.25. The van der Waals surface area contributed by atoms with Gasteiger partial charge in [0, 0.05) is 6.54 Å². The van der Waals surface area contributed by atoms with Gasteiger partial charge in [-0.05, 0) is 43.5 Å². The number of fused-ring (bicyclic) bond motifs is 1. The van der Waals surface area contributed by atoms with Crippen LogP contribution in [0.3, 0.4) is 0 Å². The summed E-state index contributed by atoms with van der Waals surface area (Å²) in [4.78, 5) is 18.4. The predicted molar refractivity (Wildman–Crippen MR) is 120 cm³/mol. The number of phenols is 1. The molecule has 0 radical (unpaired) electrons. The fourth-order valence-corrected chi connectivity index (χ4v) is 3.44.